The van der Waals surface area contributed by atoms with E-state index in [9.17, 15) is 10.1 Å². The Bertz CT molecular complexity index is 797. The summed E-state index contributed by atoms with van der Waals surface area (Å²) >= 11 is 0. The number of benzene rings is 1. The number of aryl methyl sites for hydroxylation is 1. The van der Waals surface area contributed by atoms with Gasteiger partial charge in [-0.2, -0.15) is 5.10 Å². The van der Waals surface area contributed by atoms with Crippen molar-refractivity contribution in [3.63, 3.8) is 0 Å². The van der Waals surface area contributed by atoms with E-state index in [0.717, 1.165) is 5.69 Å². The Morgan fingerprint density at radius 2 is 2.15 bits per heavy atom. The van der Waals surface area contributed by atoms with Crippen LogP contribution in [0.25, 0.3) is 11.0 Å². The number of nitro groups is 1. The monoisotopic (exact) mass is 270 g/mol. The second-order valence-corrected chi connectivity index (χ2v) is 4.21. The summed E-state index contributed by atoms with van der Waals surface area (Å²) in [5, 5.41) is 17.8. The van der Waals surface area contributed by atoms with Crippen LogP contribution in [0.5, 0.6) is 0 Å². The summed E-state index contributed by atoms with van der Waals surface area (Å²) in [5.41, 5.74) is 1.86. The minimum atomic E-state index is -0.455. The first-order valence-electron chi connectivity index (χ1n) is 5.79. The third-order valence-electron chi connectivity index (χ3n) is 2.71. The molecule has 1 N–H and O–H groups in total. The molecule has 0 fully saturated rings. The van der Waals surface area contributed by atoms with E-state index in [1.807, 2.05) is 13.2 Å². The molecule has 2 heterocycles. The van der Waals surface area contributed by atoms with Gasteiger partial charge in [-0.3, -0.25) is 19.8 Å². The highest BCUT2D eigenvalue weighted by molar-refractivity contribution is 5.78. The number of aromatic nitrogens is 4. The number of hydrogen-bond acceptors (Lipinski definition) is 6. The largest absolute Gasteiger partial charge is 0.336 e. The van der Waals surface area contributed by atoms with Gasteiger partial charge in [0, 0.05) is 25.4 Å². The maximum absolute atomic E-state index is 10.7. The smallest absolute Gasteiger partial charge is 0.271 e. The number of non-ortho nitro benzene ring substituents is 1. The van der Waals surface area contributed by atoms with Gasteiger partial charge >= 0.3 is 0 Å². The Morgan fingerprint density at radius 3 is 2.85 bits per heavy atom. The quantitative estimate of drug-likeness (QED) is 0.577. The highest BCUT2D eigenvalue weighted by Gasteiger charge is 2.08. The molecule has 20 heavy (non-hydrogen) atoms. The molecule has 0 atom stereocenters. The van der Waals surface area contributed by atoms with Crippen LogP contribution >= 0.6 is 0 Å². The van der Waals surface area contributed by atoms with Gasteiger partial charge in [0.2, 0.25) is 0 Å². The third kappa shape index (κ3) is 2.26. The van der Waals surface area contributed by atoms with Crippen LogP contribution in [0.3, 0.4) is 0 Å². The number of nitro benzene ring substituents is 1. The molecule has 0 aliphatic carbocycles. The second-order valence-electron chi connectivity index (χ2n) is 4.21. The summed E-state index contributed by atoms with van der Waals surface area (Å²) in [6.07, 6.45) is 5.00. The molecule has 100 valence electrons. The molecule has 8 heteroatoms. The minimum absolute atomic E-state index is 0.000214. The normalized spacial score (nSPS) is 10.7. The molecule has 0 bridgehead atoms. The lowest BCUT2D eigenvalue weighted by Crippen LogP contribution is -1.95. The molecule has 0 aliphatic heterocycles. The van der Waals surface area contributed by atoms with Gasteiger partial charge in [-0.1, -0.05) is 0 Å². The maximum atomic E-state index is 10.7. The number of hydrogen-bond donors (Lipinski definition) is 1. The van der Waals surface area contributed by atoms with Crippen molar-refractivity contribution in [2.24, 2.45) is 7.05 Å². The summed E-state index contributed by atoms with van der Waals surface area (Å²) in [5.74, 6) is 0.555. The molecular weight excluding hydrogens is 260 g/mol. The molecule has 0 radical (unpaired) electrons. The summed E-state index contributed by atoms with van der Waals surface area (Å²) in [6, 6.07) is 4.38. The van der Waals surface area contributed by atoms with Crippen LogP contribution in [0.4, 0.5) is 17.2 Å². The fourth-order valence-corrected chi connectivity index (χ4v) is 1.81. The van der Waals surface area contributed by atoms with Crippen molar-refractivity contribution in [2.75, 3.05) is 5.32 Å². The van der Waals surface area contributed by atoms with E-state index in [0.29, 0.717) is 16.9 Å². The Kier molecular flexibility index (Phi) is 2.75. The molecule has 0 aliphatic rings. The van der Waals surface area contributed by atoms with Gasteiger partial charge in [0.15, 0.2) is 0 Å². The van der Waals surface area contributed by atoms with E-state index in [4.69, 9.17) is 0 Å². The van der Waals surface area contributed by atoms with Gasteiger partial charge in [-0.05, 0) is 6.07 Å². The molecule has 0 unspecified atom stereocenters. The molecule has 1 aromatic carbocycles. The van der Waals surface area contributed by atoms with Crippen molar-refractivity contribution in [3.05, 3.63) is 46.9 Å². The van der Waals surface area contributed by atoms with E-state index in [1.54, 1.807) is 16.9 Å². The number of nitrogens with zero attached hydrogens (tertiary/aromatic N) is 5. The molecule has 0 saturated heterocycles. The first-order valence-corrected chi connectivity index (χ1v) is 5.79. The van der Waals surface area contributed by atoms with Gasteiger partial charge in [-0.25, -0.2) is 4.98 Å². The summed E-state index contributed by atoms with van der Waals surface area (Å²) < 4.78 is 1.67. The average molecular weight is 270 g/mol. The summed E-state index contributed by atoms with van der Waals surface area (Å²) in [6.45, 7) is 0. The van der Waals surface area contributed by atoms with E-state index < -0.39 is 4.92 Å². The molecule has 0 amide bonds. The van der Waals surface area contributed by atoms with Crippen LogP contribution in [-0.4, -0.2) is 24.7 Å². The fourth-order valence-electron chi connectivity index (χ4n) is 1.81. The highest BCUT2D eigenvalue weighted by atomic mass is 16.6. The van der Waals surface area contributed by atoms with E-state index in [-0.39, 0.29) is 5.69 Å². The van der Waals surface area contributed by atoms with Crippen molar-refractivity contribution in [1.29, 1.82) is 0 Å². The van der Waals surface area contributed by atoms with E-state index in [2.05, 4.69) is 20.4 Å². The molecule has 8 nitrogen and oxygen atoms in total. The van der Waals surface area contributed by atoms with Gasteiger partial charge < -0.3 is 5.32 Å². The molecule has 0 spiro atoms. The van der Waals surface area contributed by atoms with Crippen molar-refractivity contribution in [3.8, 4) is 0 Å². The van der Waals surface area contributed by atoms with Gasteiger partial charge in [0.25, 0.3) is 5.69 Å². The topological polar surface area (TPSA) is 98.8 Å². The Balaban J connectivity index is 1.94. The van der Waals surface area contributed by atoms with Gasteiger partial charge in [0.05, 0.1) is 34.0 Å². The lowest BCUT2D eigenvalue weighted by Gasteiger charge is -2.03. The minimum Gasteiger partial charge on any atom is -0.336 e. The lowest BCUT2D eigenvalue weighted by molar-refractivity contribution is -0.384. The van der Waals surface area contributed by atoms with Crippen molar-refractivity contribution >= 4 is 28.2 Å². The number of rotatable bonds is 3. The predicted molar refractivity (Wildman–Crippen MR) is 72.7 cm³/mol. The second kappa shape index (κ2) is 4.57. The standard InChI is InChI=1S/C12H10N6O2/c1-17-7-8(5-14-17)15-12-6-13-11-4-9(18(19)20)2-3-10(11)16-12/h2-7H,1H3,(H,15,16). The van der Waals surface area contributed by atoms with Crippen LogP contribution < -0.4 is 5.32 Å². The van der Waals surface area contributed by atoms with Crippen LogP contribution in [0.1, 0.15) is 0 Å². The average Bonchev–Trinajstić information content (AvgIpc) is 2.83. The zero-order valence-electron chi connectivity index (χ0n) is 10.5. The van der Waals surface area contributed by atoms with Crippen molar-refractivity contribution in [1.82, 2.24) is 19.7 Å². The number of nitrogens with one attached hydrogen (secondary N) is 1. The first-order chi connectivity index (χ1) is 9.61. The van der Waals surface area contributed by atoms with Crippen LogP contribution in [0.2, 0.25) is 0 Å². The summed E-state index contributed by atoms with van der Waals surface area (Å²) in [4.78, 5) is 18.8. The molecule has 3 rings (SSSR count). The van der Waals surface area contributed by atoms with Crippen LogP contribution in [0.15, 0.2) is 36.8 Å². The number of fused-ring (bicyclic) bond motifs is 1. The zero-order chi connectivity index (χ0) is 14.1. The fraction of sp³-hybridized carbons (Fsp3) is 0.0833. The maximum Gasteiger partial charge on any atom is 0.271 e. The summed E-state index contributed by atoms with van der Waals surface area (Å²) in [7, 11) is 1.82. The molecule has 3 aromatic rings. The number of anilines is 2. The van der Waals surface area contributed by atoms with Crippen LogP contribution in [-0.2, 0) is 7.05 Å². The Morgan fingerprint density at radius 1 is 1.30 bits per heavy atom. The zero-order valence-corrected chi connectivity index (χ0v) is 10.5. The highest BCUT2D eigenvalue weighted by Crippen LogP contribution is 2.20. The van der Waals surface area contributed by atoms with E-state index in [1.165, 1.54) is 18.3 Å². The predicted octanol–water partition coefficient (Wildman–Crippen LogP) is 2.02. The lowest BCUT2D eigenvalue weighted by atomic mass is 10.2. The molecular formula is C12H10N6O2. The van der Waals surface area contributed by atoms with Crippen molar-refractivity contribution < 1.29 is 4.92 Å². The molecule has 2 aromatic heterocycles. The first kappa shape index (κ1) is 12.0. The Hall–Kier alpha value is -3.03. The van der Waals surface area contributed by atoms with Crippen LogP contribution in [0, 0.1) is 10.1 Å². The SMILES string of the molecule is Cn1cc(Nc2cnc3cc([N+](=O)[O-])ccc3n2)cn1. The van der Waals surface area contributed by atoms with Gasteiger partial charge in [-0.15, -0.1) is 0 Å². The Labute approximate surface area is 113 Å². The van der Waals surface area contributed by atoms with E-state index >= 15 is 0 Å². The molecule has 0 saturated carbocycles. The van der Waals surface area contributed by atoms with Crippen molar-refractivity contribution in [2.45, 2.75) is 0 Å². The van der Waals surface area contributed by atoms with Gasteiger partial charge in [0.1, 0.15) is 5.82 Å². The third-order valence-corrected chi connectivity index (χ3v) is 2.71.